The Morgan fingerprint density at radius 1 is 0.971 bits per heavy atom. The van der Waals surface area contributed by atoms with Gasteiger partial charge in [0, 0.05) is 29.8 Å². The van der Waals surface area contributed by atoms with Gasteiger partial charge in [0.1, 0.15) is 11.0 Å². The summed E-state index contributed by atoms with van der Waals surface area (Å²) in [5.74, 6) is -1.97. The number of halogens is 2. The van der Waals surface area contributed by atoms with E-state index in [4.69, 9.17) is 16.7 Å². The number of carbonyl (C=O) groups is 3. The summed E-state index contributed by atoms with van der Waals surface area (Å²) in [6.45, 7) is 3.49. The lowest BCUT2D eigenvalue weighted by molar-refractivity contribution is -0.121. The molecule has 3 aromatic rings. The monoisotopic (exact) mass is 499 g/mol. The molecule has 9 nitrogen and oxygen atoms in total. The summed E-state index contributed by atoms with van der Waals surface area (Å²) in [5, 5.41) is 20.2. The average Bonchev–Trinajstić information content (AvgIpc) is 2.79. The zero-order valence-corrected chi connectivity index (χ0v) is 19.6. The number of hydrogen-bond acceptors (Lipinski definition) is 5. The molecule has 0 radical (unpaired) electrons. The first-order valence-corrected chi connectivity index (χ1v) is 10.8. The quantitative estimate of drug-likeness (QED) is 0.285. The molecule has 5 N–H and O–H groups in total. The number of urea groups is 1. The van der Waals surface area contributed by atoms with Gasteiger partial charge in [0.2, 0.25) is 5.91 Å². The first-order valence-electron chi connectivity index (χ1n) is 10.4. The minimum absolute atomic E-state index is 0.0770. The molecule has 0 aliphatic carbocycles. The van der Waals surface area contributed by atoms with Crippen molar-refractivity contribution in [3.8, 4) is 0 Å². The number of anilines is 3. The summed E-state index contributed by atoms with van der Waals surface area (Å²) in [6, 6.07) is 12.0. The molecule has 0 aliphatic heterocycles. The molecule has 2 aromatic carbocycles. The van der Waals surface area contributed by atoms with Crippen LogP contribution in [0.3, 0.4) is 0 Å². The van der Waals surface area contributed by atoms with Crippen molar-refractivity contribution in [3.63, 3.8) is 0 Å². The Morgan fingerprint density at radius 3 is 2.34 bits per heavy atom. The predicted octanol–water partition coefficient (Wildman–Crippen LogP) is 4.72. The van der Waals surface area contributed by atoms with E-state index in [0.29, 0.717) is 16.9 Å². The maximum Gasteiger partial charge on any atom is 0.335 e. The zero-order chi connectivity index (χ0) is 25.6. The van der Waals surface area contributed by atoms with Gasteiger partial charge >= 0.3 is 12.0 Å². The molecule has 11 heteroatoms. The molecule has 0 atom stereocenters. The molecule has 0 saturated heterocycles. The van der Waals surface area contributed by atoms with E-state index in [-0.39, 0.29) is 28.9 Å². The van der Waals surface area contributed by atoms with E-state index in [0.717, 1.165) is 6.07 Å². The van der Waals surface area contributed by atoms with Gasteiger partial charge in [0.05, 0.1) is 11.1 Å². The molecule has 0 bridgehead atoms. The number of amides is 3. The van der Waals surface area contributed by atoms with Crippen molar-refractivity contribution in [2.24, 2.45) is 0 Å². The number of carboxylic acid groups (broad SMARTS) is 1. The van der Waals surface area contributed by atoms with Crippen LogP contribution in [0, 0.1) is 5.82 Å². The molecular weight excluding hydrogens is 477 g/mol. The fourth-order valence-electron chi connectivity index (χ4n) is 2.96. The Balaban J connectivity index is 1.65. The number of carbonyl (C=O) groups excluding carboxylic acids is 2. The third-order valence-corrected chi connectivity index (χ3v) is 5.19. The molecule has 0 unspecified atom stereocenters. The van der Waals surface area contributed by atoms with E-state index < -0.39 is 23.4 Å². The molecule has 0 spiro atoms. The lowest BCUT2D eigenvalue weighted by Gasteiger charge is -2.26. The molecule has 35 heavy (non-hydrogen) atoms. The summed E-state index contributed by atoms with van der Waals surface area (Å²) < 4.78 is 13.9. The summed E-state index contributed by atoms with van der Waals surface area (Å²) >= 11 is 5.85. The second kappa shape index (κ2) is 10.9. The van der Waals surface area contributed by atoms with Crippen molar-refractivity contribution in [1.82, 2.24) is 10.3 Å². The number of nitrogens with one attached hydrogen (secondary N) is 4. The van der Waals surface area contributed by atoms with E-state index in [9.17, 15) is 18.8 Å². The number of carboxylic acids is 1. The molecule has 0 saturated carbocycles. The van der Waals surface area contributed by atoms with E-state index in [2.05, 4.69) is 26.3 Å². The first-order chi connectivity index (χ1) is 16.5. The van der Waals surface area contributed by atoms with Crippen LogP contribution < -0.4 is 21.3 Å². The molecule has 1 aromatic heterocycles. The highest BCUT2D eigenvalue weighted by Crippen LogP contribution is 2.20. The van der Waals surface area contributed by atoms with E-state index in [1.165, 1.54) is 48.7 Å². The Hall–Kier alpha value is -4.02. The van der Waals surface area contributed by atoms with Crippen LogP contribution in [0.15, 0.2) is 60.8 Å². The molecular formula is C24H23ClFN5O4. The number of aromatic nitrogens is 1. The molecule has 182 valence electrons. The standard InChI is InChI=1S/C24H23ClFN5O4/c1-24(2,22(34)29-18-9-10-27-20(25)12-18)28-13-15-3-6-16(26)11-19(15)31-23(35)30-17-7-4-14(5-8-17)21(32)33/h3-12,28H,13H2,1-2H3,(H,32,33)(H,27,29,34)(H2,30,31,35). The van der Waals surface area contributed by atoms with Gasteiger partial charge in [-0.3, -0.25) is 10.1 Å². The Bertz CT molecular complexity index is 1250. The van der Waals surface area contributed by atoms with E-state index >= 15 is 0 Å². The second-order valence-corrected chi connectivity index (χ2v) is 8.45. The van der Waals surface area contributed by atoms with Gasteiger partial charge in [-0.2, -0.15) is 0 Å². The van der Waals surface area contributed by atoms with Crippen molar-refractivity contribution < 1.29 is 23.9 Å². The Labute approximate surface area is 205 Å². The normalized spacial score (nSPS) is 11.0. The van der Waals surface area contributed by atoms with Crippen molar-refractivity contribution in [2.75, 3.05) is 16.0 Å². The third-order valence-electron chi connectivity index (χ3n) is 4.98. The fourth-order valence-corrected chi connectivity index (χ4v) is 3.14. The number of rotatable bonds is 8. The van der Waals surface area contributed by atoms with Gasteiger partial charge in [-0.1, -0.05) is 17.7 Å². The van der Waals surface area contributed by atoms with Gasteiger partial charge in [-0.15, -0.1) is 0 Å². The molecule has 1 heterocycles. The van der Waals surface area contributed by atoms with Gasteiger partial charge in [0.15, 0.2) is 0 Å². The summed E-state index contributed by atoms with van der Waals surface area (Å²) in [4.78, 5) is 40.0. The summed E-state index contributed by atoms with van der Waals surface area (Å²) in [6.07, 6.45) is 1.47. The van der Waals surface area contributed by atoms with Gasteiger partial charge < -0.3 is 21.1 Å². The third kappa shape index (κ3) is 7.23. The minimum atomic E-state index is -1.08. The number of aromatic carboxylic acids is 1. The largest absolute Gasteiger partial charge is 0.478 e. The number of hydrogen-bond donors (Lipinski definition) is 5. The van der Waals surface area contributed by atoms with E-state index in [1.807, 2.05) is 0 Å². The van der Waals surface area contributed by atoms with Crippen LogP contribution >= 0.6 is 11.6 Å². The van der Waals surface area contributed by atoms with Crippen molar-refractivity contribution in [1.29, 1.82) is 0 Å². The van der Waals surface area contributed by atoms with Crippen LogP contribution in [0.2, 0.25) is 5.15 Å². The predicted molar refractivity (Wildman–Crippen MR) is 131 cm³/mol. The van der Waals surface area contributed by atoms with Crippen LogP contribution in [0.5, 0.6) is 0 Å². The van der Waals surface area contributed by atoms with Gasteiger partial charge in [-0.05, 0) is 67.9 Å². The lowest BCUT2D eigenvalue weighted by Crippen LogP contribution is -2.49. The van der Waals surface area contributed by atoms with E-state index in [1.54, 1.807) is 19.9 Å². The second-order valence-electron chi connectivity index (χ2n) is 8.06. The van der Waals surface area contributed by atoms with Crippen molar-refractivity contribution >= 4 is 46.6 Å². The first kappa shape index (κ1) is 25.6. The van der Waals surface area contributed by atoms with Crippen LogP contribution in [-0.4, -0.2) is 33.5 Å². The maximum absolute atomic E-state index is 13.9. The number of benzene rings is 2. The molecule has 0 aliphatic rings. The van der Waals surface area contributed by atoms with Crippen LogP contribution in [0.1, 0.15) is 29.8 Å². The van der Waals surface area contributed by atoms with Crippen LogP contribution in [-0.2, 0) is 11.3 Å². The summed E-state index contributed by atoms with van der Waals surface area (Å²) in [7, 11) is 0. The average molecular weight is 500 g/mol. The summed E-state index contributed by atoms with van der Waals surface area (Å²) in [5.41, 5.74) is 0.632. The van der Waals surface area contributed by atoms with Crippen molar-refractivity contribution in [3.05, 3.63) is 82.9 Å². The molecule has 3 rings (SSSR count). The highest BCUT2D eigenvalue weighted by Gasteiger charge is 2.27. The topological polar surface area (TPSA) is 132 Å². The molecule has 0 fully saturated rings. The SMILES string of the molecule is CC(C)(NCc1ccc(F)cc1NC(=O)Nc1ccc(C(=O)O)cc1)C(=O)Nc1ccnc(Cl)c1. The van der Waals surface area contributed by atoms with Crippen LogP contribution in [0.25, 0.3) is 0 Å². The van der Waals surface area contributed by atoms with Crippen molar-refractivity contribution in [2.45, 2.75) is 25.9 Å². The van der Waals surface area contributed by atoms with Gasteiger partial charge in [-0.25, -0.2) is 19.0 Å². The zero-order valence-electron chi connectivity index (χ0n) is 18.9. The Morgan fingerprint density at radius 2 is 1.69 bits per heavy atom. The minimum Gasteiger partial charge on any atom is -0.478 e. The molecule has 3 amide bonds. The van der Waals surface area contributed by atoms with Gasteiger partial charge in [0.25, 0.3) is 0 Å². The maximum atomic E-state index is 13.9. The van der Waals surface area contributed by atoms with Crippen LogP contribution in [0.4, 0.5) is 26.2 Å². The lowest BCUT2D eigenvalue weighted by atomic mass is 10.0. The fraction of sp³-hybridized carbons (Fsp3) is 0.167. The number of nitrogens with zero attached hydrogens (tertiary/aromatic N) is 1. The number of pyridine rings is 1. The Kier molecular flexibility index (Phi) is 8.00. The highest BCUT2D eigenvalue weighted by molar-refractivity contribution is 6.29. The smallest absolute Gasteiger partial charge is 0.335 e. The highest BCUT2D eigenvalue weighted by atomic mass is 35.5.